The SMILES string of the molecule is CC1(NCc2ccc(I)o2)CC1. The van der Waals surface area contributed by atoms with Crippen molar-refractivity contribution in [3.63, 3.8) is 0 Å². The molecule has 1 aromatic rings. The molecule has 1 N–H and O–H groups in total. The molecule has 66 valence electrons. The van der Waals surface area contributed by atoms with E-state index in [1.54, 1.807) is 0 Å². The maximum atomic E-state index is 5.43. The highest BCUT2D eigenvalue weighted by Gasteiger charge is 2.36. The third kappa shape index (κ3) is 2.01. The quantitative estimate of drug-likeness (QED) is 0.859. The van der Waals surface area contributed by atoms with Crippen molar-refractivity contribution in [2.45, 2.75) is 31.8 Å². The lowest BCUT2D eigenvalue weighted by Crippen LogP contribution is -2.26. The minimum atomic E-state index is 0.401. The molecule has 0 bridgehead atoms. The molecule has 0 atom stereocenters. The molecule has 0 amide bonds. The van der Waals surface area contributed by atoms with Gasteiger partial charge in [-0.05, 0) is 54.5 Å². The van der Waals surface area contributed by atoms with Crippen molar-refractivity contribution in [3.8, 4) is 0 Å². The normalized spacial score (nSPS) is 19.5. The second-order valence-corrected chi connectivity index (χ2v) is 4.68. The summed E-state index contributed by atoms with van der Waals surface area (Å²) in [6, 6.07) is 4.02. The van der Waals surface area contributed by atoms with Crippen LogP contribution in [0.25, 0.3) is 0 Å². The summed E-state index contributed by atoms with van der Waals surface area (Å²) in [5, 5.41) is 3.47. The molecular weight excluding hydrogens is 265 g/mol. The van der Waals surface area contributed by atoms with E-state index in [9.17, 15) is 0 Å². The summed E-state index contributed by atoms with van der Waals surface area (Å²) in [6.07, 6.45) is 2.59. The van der Waals surface area contributed by atoms with Gasteiger partial charge >= 0.3 is 0 Å². The zero-order chi connectivity index (χ0) is 8.60. The van der Waals surface area contributed by atoms with Gasteiger partial charge in [0.1, 0.15) is 5.76 Å². The van der Waals surface area contributed by atoms with Crippen molar-refractivity contribution < 1.29 is 4.42 Å². The molecule has 2 nitrogen and oxygen atoms in total. The fraction of sp³-hybridized carbons (Fsp3) is 0.556. The molecule has 0 spiro atoms. The third-order valence-corrected chi connectivity index (χ3v) is 2.90. The lowest BCUT2D eigenvalue weighted by molar-refractivity contribution is 0.435. The first-order valence-corrected chi connectivity index (χ1v) is 5.25. The highest BCUT2D eigenvalue weighted by molar-refractivity contribution is 14.1. The number of halogens is 1. The fourth-order valence-electron chi connectivity index (χ4n) is 1.11. The van der Waals surface area contributed by atoms with Gasteiger partial charge in [-0.3, -0.25) is 0 Å². The van der Waals surface area contributed by atoms with Crippen molar-refractivity contribution in [1.29, 1.82) is 0 Å². The van der Waals surface area contributed by atoms with E-state index in [-0.39, 0.29) is 0 Å². The molecule has 1 aliphatic carbocycles. The van der Waals surface area contributed by atoms with Crippen molar-refractivity contribution >= 4 is 22.6 Å². The second-order valence-electron chi connectivity index (χ2n) is 3.62. The molecule has 1 fully saturated rings. The Bertz CT molecular complexity index is 278. The van der Waals surface area contributed by atoms with Crippen LogP contribution in [0.1, 0.15) is 25.5 Å². The molecule has 1 aliphatic rings. The Morgan fingerprint density at radius 3 is 2.83 bits per heavy atom. The first-order chi connectivity index (χ1) is 5.68. The Kier molecular flexibility index (Phi) is 2.16. The smallest absolute Gasteiger partial charge is 0.164 e. The van der Waals surface area contributed by atoms with Gasteiger partial charge in [-0.15, -0.1) is 0 Å². The van der Waals surface area contributed by atoms with Gasteiger partial charge in [0.15, 0.2) is 3.77 Å². The van der Waals surface area contributed by atoms with E-state index in [0.717, 1.165) is 16.1 Å². The van der Waals surface area contributed by atoms with Crippen LogP contribution in [0.5, 0.6) is 0 Å². The van der Waals surface area contributed by atoms with E-state index in [1.165, 1.54) is 12.8 Å². The van der Waals surface area contributed by atoms with Crippen LogP contribution in [0.4, 0.5) is 0 Å². The topological polar surface area (TPSA) is 25.2 Å². The van der Waals surface area contributed by atoms with Gasteiger partial charge in [0.2, 0.25) is 0 Å². The van der Waals surface area contributed by atoms with Gasteiger partial charge in [0.05, 0.1) is 6.54 Å². The number of furan rings is 1. The van der Waals surface area contributed by atoms with Crippen LogP contribution < -0.4 is 5.32 Å². The lowest BCUT2D eigenvalue weighted by Gasteiger charge is -2.08. The minimum Gasteiger partial charge on any atom is -0.454 e. The van der Waals surface area contributed by atoms with E-state index in [0.29, 0.717) is 5.54 Å². The third-order valence-electron chi connectivity index (χ3n) is 2.32. The summed E-state index contributed by atoms with van der Waals surface area (Å²) in [5.41, 5.74) is 0.401. The molecule has 0 saturated heterocycles. The van der Waals surface area contributed by atoms with Crippen molar-refractivity contribution in [1.82, 2.24) is 5.32 Å². The average Bonchev–Trinajstić information content (AvgIpc) is 2.60. The molecule has 0 unspecified atom stereocenters. The monoisotopic (exact) mass is 277 g/mol. The van der Waals surface area contributed by atoms with Gasteiger partial charge in [0, 0.05) is 5.54 Å². The Morgan fingerprint density at radius 2 is 2.33 bits per heavy atom. The van der Waals surface area contributed by atoms with E-state index in [2.05, 4.69) is 34.8 Å². The van der Waals surface area contributed by atoms with E-state index in [1.807, 2.05) is 12.1 Å². The van der Waals surface area contributed by atoms with Gasteiger partial charge in [-0.2, -0.15) is 0 Å². The summed E-state index contributed by atoms with van der Waals surface area (Å²) < 4.78 is 6.39. The van der Waals surface area contributed by atoms with Crippen molar-refractivity contribution in [2.24, 2.45) is 0 Å². The Labute approximate surface area is 85.9 Å². The highest BCUT2D eigenvalue weighted by Crippen LogP contribution is 2.34. The summed E-state index contributed by atoms with van der Waals surface area (Å²) >= 11 is 2.18. The van der Waals surface area contributed by atoms with Gasteiger partial charge in [-0.25, -0.2) is 0 Å². The number of nitrogens with one attached hydrogen (secondary N) is 1. The molecule has 1 saturated carbocycles. The van der Waals surface area contributed by atoms with Gasteiger partial charge in [-0.1, -0.05) is 0 Å². The van der Waals surface area contributed by atoms with Crippen LogP contribution in [0.3, 0.4) is 0 Å². The number of rotatable bonds is 3. The molecular formula is C9H12INO. The Hall–Kier alpha value is -0.0300. The predicted octanol–water partition coefficient (Wildman–Crippen LogP) is 2.53. The maximum absolute atomic E-state index is 5.43. The van der Waals surface area contributed by atoms with E-state index >= 15 is 0 Å². The molecule has 0 aliphatic heterocycles. The minimum absolute atomic E-state index is 0.401. The summed E-state index contributed by atoms with van der Waals surface area (Å²) in [7, 11) is 0. The molecule has 0 aromatic carbocycles. The van der Waals surface area contributed by atoms with Crippen LogP contribution in [-0.4, -0.2) is 5.54 Å². The molecule has 2 rings (SSSR count). The summed E-state index contributed by atoms with van der Waals surface area (Å²) in [5.74, 6) is 1.03. The van der Waals surface area contributed by atoms with Crippen LogP contribution in [0.15, 0.2) is 16.5 Å². The first kappa shape index (κ1) is 8.56. The first-order valence-electron chi connectivity index (χ1n) is 4.17. The standard InChI is InChI=1S/C9H12INO/c1-9(4-5-9)11-6-7-2-3-8(10)12-7/h2-3,11H,4-6H2,1H3. The fourth-order valence-corrected chi connectivity index (χ4v) is 1.57. The Balaban J connectivity index is 1.87. The molecule has 3 heteroatoms. The number of hydrogen-bond acceptors (Lipinski definition) is 2. The Morgan fingerprint density at radius 1 is 1.58 bits per heavy atom. The van der Waals surface area contributed by atoms with Crippen LogP contribution in [-0.2, 0) is 6.54 Å². The average molecular weight is 277 g/mol. The predicted molar refractivity (Wildman–Crippen MR) is 55.9 cm³/mol. The van der Waals surface area contributed by atoms with Crippen LogP contribution in [0, 0.1) is 3.77 Å². The zero-order valence-electron chi connectivity index (χ0n) is 7.06. The van der Waals surface area contributed by atoms with Crippen molar-refractivity contribution in [3.05, 3.63) is 21.7 Å². The second kappa shape index (κ2) is 3.03. The highest BCUT2D eigenvalue weighted by atomic mass is 127. The van der Waals surface area contributed by atoms with Gasteiger partial charge in [0.25, 0.3) is 0 Å². The van der Waals surface area contributed by atoms with Crippen LogP contribution >= 0.6 is 22.6 Å². The molecule has 0 radical (unpaired) electrons. The van der Waals surface area contributed by atoms with Crippen LogP contribution in [0.2, 0.25) is 0 Å². The molecule has 1 aromatic heterocycles. The zero-order valence-corrected chi connectivity index (χ0v) is 9.22. The largest absolute Gasteiger partial charge is 0.454 e. The van der Waals surface area contributed by atoms with E-state index < -0.39 is 0 Å². The van der Waals surface area contributed by atoms with E-state index in [4.69, 9.17) is 4.42 Å². The number of hydrogen-bond donors (Lipinski definition) is 1. The summed E-state index contributed by atoms with van der Waals surface area (Å²) in [4.78, 5) is 0. The molecule has 12 heavy (non-hydrogen) atoms. The lowest BCUT2D eigenvalue weighted by atomic mass is 10.3. The summed E-state index contributed by atoms with van der Waals surface area (Å²) in [6.45, 7) is 3.11. The van der Waals surface area contributed by atoms with Gasteiger partial charge < -0.3 is 9.73 Å². The van der Waals surface area contributed by atoms with Crippen molar-refractivity contribution in [2.75, 3.05) is 0 Å². The molecule has 1 heterocycles. The maximum Gasteiger partial charge on any atom is 0.164 e.